The molecule has 0 bridgehead atoms. The van der Waals surface area contributed by atoms with Gasteiger partial charge in [-0.1, -0.05) is 0 Å². The number of nitriles is 1. The van der Waals surface area contributed by atoms with Crippen LogP contribution in [0.2, 0.25) is 0 Å². The summed E-state index contributed by atoms with van der Waals surface area (Å²) in [6, 6.07) is 2.21. The molecule has 0 aromatic rings. The summed E-state index contributed by atoms with van der Waals surface area (Å²) < 4.78 is 0. The van der Waals surface area contributed by atoms with Gasteiger partial charge in [0.2, 0.25) is 0 Å². The maximum atomic E-state index is 8.42. The Morgan fingerprint density at radius 3 is 2.36 bits per heavy atom. The molecule has 0 amide bonds. The molecule has 1 heterocycles. The predicted molar refractivity (Wildman–Crippen MR) is 45.0 cm³/mol. The minimum absolute atomic E-state index is 0.298. The highest BCUT2D eigenvalue weighted by Gasteiger charge is 2.33. The summed E-state index contributed by atoms with van der Waals surface area (Å²) in [6.45, 7) is 8.87. The van der Waals surface area contributed by atoms with Gasteiger partial charge in [-0.2, -0.15) is 5.26 Å². The molecule has 0 radical (unpaired) electrons. The van der Waals surface area contributed by atoms with Crippen LogP contribution in [0.4, 0.5) is 0 Å². The molecule has 62 valence electrons. The summed E-state index contributed by atoms with van der Waals surface area (Å²) in [5.74, 6) is 0.638. The third kappa shape index (κ3) is 1.94. The van der Waals surface area contributed by atoms with E-state index in [-0.39, 0.29) is 0 Å². The number of rotatable bonds is 1. The van der Waals surface area contributed by atoms with Crippen molar-refractivity contribution >= 4 is 0 Å². The first kappa shape index (κ1) is 8.55. The Morgan fingerprint density at radius 2 is 2.00 bits per heavy atom. The Kier molecular flexibility index (Phi) is 2.20. The average molecular weight is 152 g/mol. The second-order valence-electron chi connectivity index (χ2n) is 4.30. The van der Waals surface area contributed by atoms with Crippen LogP contribution in [0.1, 0.15) is 27.2 Å². The first-order valence-electron chi connectivity index (χ1n) is 4.16. The lowest BCUT2D eigenvalue weighted by atomic mass is 9.91. The van der Waals surface area contributed by atoms with Crippen molar-refractivity contribution in [2.45, 2.75) is 32.7 Å². The van der Waals surface area contributed by atoms with Gasteiger partial charge >= 0.3 is 0 Å². The molecule has 0 aliphatic carbocycles. The van der Waals surface area contributed by atoms with Crippen LogP contribution in [0.25, 0.3) is 0 Å². The fourth-order valence-electron chi connectivity index (χ4n) is 1.38. The molecule has 0 unspecified atom stereocenters. The van der Waals surface area contributed by atoms with Crippen molar-refractivity contribution in [3.05, 3.63) is 0 Å². The molecule has 0 aromatic carbocycles. The summed E-state index contributed by atoms with van der Waals surface area (Å²) in [5, 5.41) is 8.42. The molecule has 2 nitrogen and oxygen atoms in total. The van der Waals surface area contributed by atoms with E-state index in [1.54, 1.807) is 0 Å². The summed E-state index contributed by atoms with van der Waals surface area (Å²) in [5.41, 5.74) is 0.298. The SMILES string of the molecule is CC(C)(C)N1CC(CC#N)C1. The van der Waals surface area contributed by atoms with Crippen LogP contribution in [0.5, 0.6) is 0 Å². The van der Waals surface area contributed by atoms with Crippen LogP contribution in [-0.2, 0) is 0 Å². The first-order valence-corrected chi connectivity index (χ1v) is 4.16. The Balaban J connectivity index is 2.25. The maximum Gasteiger partial charge on any atom is 0.0625 e. The van der Waals surface area contributed by atoms with Crippen molar-refractivity contribution in [1.29, 1.82) is 5.26 Å². The van der Waals surface area contributed by atoms with E-state index in [0.29, 0.717) is 11.5 Å². The fraction of sp³-hybridized carbons (Fsp3) is 0.889. The molecule has 1 aliphatic heterocycles. The van der Waals surface area contributed by atoms with E-state index in [1.807, 2.05) is 0 Å². The standard InChI is InChI=1S/C9H16N2/c1-9(2,3)11-6-8(7-11)4-5-10/h8H,4,6-7H2,1-3H3. The zero-order valence-electron chi connectivity index (χ0n) is 7.59. The molecule has 2 heteroatoms. The highest BCUT2D eigenvalue weighted by atomic mass is 15.2. The van der Waals surface area contributed by atoms with Crippen LogP contribution < -0.4 is 0 Å². The largest absolute Gasteiger partial charge is 0.298 e. The van der Waals surface area contributed by atoms with Crippen molar-refractivity contribution in [2.75, 3.05) is 13.1 Å². The highest BCUT2D eigenvalue weighted by Crippen LogP contribution is 2.26. The van der Waals surface area contributed by atoms with Crippen molar-refractivity contribution < 1.29 is 0 Å². The molecule has 0 spiro atoms. The smallest absolute Gasteiger partial charge is 0.0625 e. The molecular weight excluding hydrogens is 136 g/mol. The Labute approximate surface area is 68.8 Å². The van der Waals surface area contributed by atoms with E-state index in [9.17, 15) is 0 Å². The van der Waals surface area contributed by atoms with Gasteiger partial charge in [-0.15, -0.1) is 0 Å². The minimum atomic E-state index is 0.298. The molecule has 1 fully saturated rings. The van der Waals surface area contributed by atoms with Crippen molar-refractivity contribution in [2.24, 2.45) is 5.92 Å². The van der Waals surface area contributed by atoms with E-state index in [4.69, 9.17) is 5.26 Å². The molecule has 11 heavy (non-hydrogen) atoms. The molecule has 1 saturated heterocycles. The lowest BCUT2D eigenvalue weighted by Crippen LogP contribution is -2.55. The van der Waals surface area contributed by atoms with E-state index >= 15 is 0 Å². The van der Waals surface area contributed by atoms with Crippen molar-refractivity contribution in [1.82, 2.24) is 4.90 Å². The highest BCUT2D eigenvalue weighted by molar-refractivity contribution is 4.92. The van der Waals surface area contributed by atoms with Gasteiger partial charge in [-0.25, -0.2) is 0 Å². The first-order chi connectivity index (χ1) is 5.04. The predicted octanol–water partition coefficient (Wildman–Crippen LogP) is 1.63. The summed E-state index contributed by atoms with van der Waals surface area (Å²) in [4.78, 5) is 2.41. The molecule has 1 aliphatic rings. The van der Waals surface area contributed by atoms with E-state index in [1.165, 1.54) is 0 Å². The van der Waals surface area contributed by atoms with Gasteiger partial charge in [-0.05, 0) is 26.7 Å². The molecule has 0 N–H and O–H groups in total. The van der Waals surface area contributed by atoms with Gasteiger partial charge in [0.05, 0.1) is 6.07 Å². The van der Waals surface area contributed by atoms with Crippen molar-refractivity contribution in [3.8, 4) is 6.07 Å². The minimum Gasteiger partial charge on any atom is -0.298 e. The zero-order chi connectivity index (χ0) is 8.48. The number of nitrogens with zero attached hydrogens (tertiary/aromatic N) is 2. The lowest BCUT2D eigenvalue weighted by Gasteiger charge is -2.47. The topological polar surface area (TPSA) is 27.0 Å². The van der Waals surface area contributed by atoms with E-state index < -0.39 is 0 Å². The third-order valence-corrected chi connectivity index (χ3v) is 2.29. The molecular formula is C9H16N2. The number of hydrogen-bond acceptors (Lipinski definition) is 2. The normalized spacial score (nSPS) is 20.9. The van der Waals surface area contributed by atoms with Gasteiger partial charge in [-0.3, -0.25) is 4.90 Å². The summed E-state index contributed by atoms with van der Waals surface area (Å²) in [6.07, 6.45) is 0.729. The van der Waals surface area contributed by atoms with Gasteiger partial charge in [0.1, 0.15) is 0 Å². The van der Waals surface area contributed by atoms with Gasteiger partial charge in [0.15, 0.2) is 0 Å². The molecule has 1 rings (SSSR count). The van der Waals surface area contributed by atoms with E-state index in [2.05, 4.69) is 31.7 Å². The average Bonchev–Trinajstić information content (AvgIpc) is 1.74. The Bertz CT molecular complexity index is 167. The van der Waals surface area contributed by atoms with Gasteiger partial charge in [0, 0.05) is 25.0 Å². The molecule has 0 aromatic heterocycles. The van der Waals surface area contributed by atoms with Crippen molar-refractivity contribution in [3.63, 3.8) is 0 Å². The fourth-order valence-corrected chi connectivity index (χ4v) is 1.38. The second-order valence-corrected chi connectivity index (χ2v) is 4.30. The number of hydrogen-bond donors (Lipinski definition) is 0. The summed E-state index contributed by atoms with van der Waals surface area (Å²) >= 11 is 0. The van der Waals surface area contributed by atoms with Gasteiger partial charge in [0.25, 0.3) is 0 Å². The van der Waals surface area contributed by atoms with Crippen LogP contribution in [0, 0.1) is 17.2 Å². The Hall–Kier alpha value is -0.550. The monoisotopic (exact) mass is 152 g/mol. The van der Waals surface area contributed by atoms with Crippen LogP contribution in [0.15, 0.2) is 0 Å². The number of likely N-dealkylation sites (tertiary alicyclic amines) is 1. The molecule has 0 atom stereocenters. The maximum absolute atomic E-state index is 8.42. The summed E-state index contributed by atoms with van der Waals surface area (Å²) in [7, 11) is 0. The quantitative estimate of drug-likeness (QED) is 0.571. The molecule has 0 saturated carbocycles. The van der Waals surface area contributed by atoms with Crippen LogP contribution in [0.3, 0.4) is 0 Å². The van der Waals surface area contributed by atoms with Gasteiger partial charge < -0.3 is 0 Å². The lowest BCUT2D eigenvalue weighted by molar-refractivity contribution is 0.0163. The van der Waals surface area contributed by atoms with E-state index in [0.717, 1.165) is 19.5 Å². The van der Waals surface area contributed by atoms with Crippen LogP contribution >= 0.6 is 0 Å². The second kappa shape index (κ2) is 2.83. The zero-order valence-corrected chi connectivity index (χ0v) is 7.59. The Morgan fingerprint density at radius 1 is 1.45 bits per heavy atom. The third-order valence-electron chi connectivity index (χ3n) is 2.29. The van der Waals surface area contributed by atoms with Crippen LogP contribution in [-0.4, -0.2) is 23.5 Å².